The highest BCUT2D eigenvalue weighted by Crippen LogP contribution is 2.22. The number of nitrogens with one attached hydrogen (secondary N) is 1. The van der Waals surface area contributed by atoms with Gasteiger partial charge in [-0.15, -0.1) is 0 Å². The molecule has 0 amide bonds. The van der Waals surface area contributed by atoms with E-state index in [-0.39, 0.29) is 5.41 Å². The van der Waals surface area contributed by atoms with Crippen LogP contribution >= 0.6 is 0 Å². The maximum absolute atomic E-state index is 7.52. The quantitative estimate of drug-likeness (QED) is 0.507. The molecule has 1 atom stereocenters. The minimum Gasteiger partial charge on any atom is -0.387 e. The van der Waals surface area contributed by atoms with Gasteiger partial charge in [0.2, 0.25) is 0 Å². The van der Waals surface area contributed by atoms with E-state index in [1.807, 2.05) is 13.8 Å². The fraction of sp³-hybridized carbons (Fsp3) is 0.929. The molecule has 0 rings (SSSR count). The minimum atomic E-state index is -0.151. The van der Waals surface area contributed by atoms with Crippen LogP contribution in [0.4, 0.5) is 0 Å². The normalized spacial score (nSPS) is 14.4. The molecule has 3 heteroatoms. The standard InChI is InChI=1S/C14H31N3/c1-11(2)10-12(3)17(6)9-7-8-14(4,5)13(15)16/h11-12H,7-10H2,1-6H3,(H3,15,16). The maximum atomic E-state index is 7.52. The molecular formula is C14H31N3. The molecule has 1 unspecified atom stereocenters. The number of hydrogen-bond donors (Lipinski definition) is 2. The third-order valence-corrected chi connectivity index (χ3v) is 3.61. The van der Waals surface area contributed by atoms with E-state index in [4.69, 9.17) is 11.1 Å². The first-order chi connectivity index (χ1) is 7.66. The fourth-order valence-corrected chi connectivity index (χ4v) is 1.99. The summed E-state index contributed by atoms with van der Waals surface area (Å²) in [6.07, 6.45) is 3.33. The molecule has 0 saturated heterocycles. The van der Waals surface area contributed by atoms with Crippen molar-refractivity contribution in [2.24, 2.45) is 17.1 Å². The first-order valence-electron chi connectivity index (χ1n) is 6.71. The van der Waals surface area contributed by atoms with E-state index in [9.17, 15) is 0 Å². The fourth-order valence-electron chi connectivity index (χ4n) is 1.99. The Kier molecular flexibility index (Phi) is 6.76. The Bertz CT molecular complexity index is 234. The molecule has 3 N–H and O–H groups in total. The van der Waals surface area contributed by atoms with Crippen molar-refractivity contribution in [3.05, 3.63) is 0 Å². The van der Waals surface area contributed by atoms with Crippen LogP contribution in [-0.4, -0.2) is 30.4 Å². The van der Waals surface area contributed by atoms with E-state index in [0.29, 0.717) is 11.9 Å². The Balaban J connectivity index is 3.93. The van der Waals surface area contributed by atoms with Crippen LogP contribution < -0.4 is 5.73 Å². The predicted octanol–water partition coefficient (Wildman–Crippen LogP) is 3.10. The van der Waals surface area contributed by atoms with Gasteiger partial charge in [0, 0.05) is 11.5 Å². The van der Waals surface area contributed by atoms with Crippen LogP contribution in [0.25, 0.3) is 0 Å². The Morgan fingerprint density at radius 1 is 1.29 bits per heavy atom. The zero-order valence-corrected chi connectivity index (χ0v) is 12.5. The van der Waals surface area contributed by atoms with Gasteiger partial charge in [0.1, 0.15) is 0 Å². The van der Waals surface area contributed by atoms with Crippen molar-refractivity contribution in [1.29, 1.82) is 5.41 Å². The lowest BCUT2D eigenvalue weighted by atomic mass is 9.86. The maximum Gasteiger partial charge on any atom is 0.0963 e. The third kappa shape index (κ3) is 6.67. The zero-order chi connectivity index (χ0) is 13.6. The minimum absolute atomic E-state index is 0.151. The zero-order valence-electron chi connectivity index (χ0n) is 12.5. The van der Waals surface area contributed by atoms with Crippen LogP contribution in [0.15, 0.2) is 0 Å². The summed E-state index contributed by atoms with van der Waals surface area (Å²) >= 11 is 0. The molecule has 0 bridgehead atoms. The summed E-state index contributed by atoms with van der Waals surface area (Å²) in [5, 5.41) is 7.52. The monoisotopic (exact) mass is 241 g/mol. The molecule has 0 fully saturated rings. The molecule has 0 aliphatic carbocycles. The number of amidine groups is 1. The molecule has 0 aromatic rings. The second-order valence-electron chi connectivity index (χ2n) is 6.36. The number of hydrogen-bond acceptors (Lipinski definition) is 2. The van der Waals surface area contributed by atoms with Gasteiger partial charge in [-0.25, -0.2) is 0 Å². The summed E-state index contributed by atoms with van der Waals surface area (Å²) in [6, 6.07) is 0.635. The number of nitrogens with zero attached hydrogens (tertiary/aromatic N) is 1. The van der Waals surface area contributed by atoms with Crippen molar-refractivity contribution in [1.82, 2.24) is 4.90 Å². The molecule has 0 spiro atoms. The van der Waals surface area contributed by atoms with Crippen LogP contribution in [0.1, 0.15) is 53.9 Å². The van der Waals surface area contributed by atoms with Crippen LogP contribution in [0.2, 0.25) is 0 Å². The summed E-state index contributed by atoms with van der Waals surface area (Å²) in [6.45, 7) is 12.0. The van der Waals surface area contributed by atoms with E-state index in [0.717, 1.165) is 25.3 Å². The summed E-state index contributed by atoms with van der Waals surface area (Å²) in [7, 11) is 2.19. The lowest BCUT2D eigenvalue weighted by molar-refractivity contribution is 0.218. The van der Waals surface area contributed by atoms with Crippen molar-refractivity contribution in [2.45, 2.75) is 59.9 Å². The van der Waals surface area contributed by atoms with Crippen molar-refractivity contribution in [2.75, 3.05) is 13.6 Å². The Labute approximate surface area is 107 Å². The van der Waals surface area contributed by atoms with Crippen LogP contribution in [0.5, 0.6) is 0 Å². The molecule has 3 nitrogen and oxygen atoms in total. The van der Waals surface area contributed by atoms with Crippen LogP contribution in [0, 0.1) is 16.7 Å². The molecule has 0 aromatic carbocycles. The number of rotatable bonds is 8. The average Bonchev–Trinajstić information content (AvgIpc) is 2.15. The molecule has 0 aliphatic rings. The Hall–Kier alpha value is -0.570. The van der Waals surface area contributed by atoms with Gasteiger partial charge in [-0.1, -0.05) is 27.7 Å². The first-order valence-corrected chi connectivity index (χ1v) is 6.71. The van der Waals surface area contributed by atoms with Crippen molar-refractivity contribution in [3.63, 3.8) is 0 Å². The van der Waals surface area contributed by atoms with Gasteiger partial charge < -0.3 is 10.6 Å². The van der Waals surface area contributed by atoms with Crippen LogP contribution in [-0.2, 0) is 0 Å². The SMILES string of the molecule is CC(C)CC(C)N(C)CCCC(C)(C)C(=N)N. The topological polar surface area (TPSA) is 53.1 Å². The predicted molar refractivity (Wildman–Crippen MR) is 76.5 cm³/mol. The van der Waals surface area contributed by atoms with Crippen molar-refractivity contribution in [3.8, 4) is 0 Å². The highest BCUT2D eigenvalue weighted by molar-refractivity contribution is 5.82. The summed E-state index contributed by atoms with van der Waals surface area (Å²) < 4.78 is 0. The molecule has 0 aliphatic heterocycles. The molecule has 17 heavy (non-hydrogen) atoms. The van der Waals surface area contributed by atoms with E-state index >= 15 is 0 Å². The molecule has 0 saturated carbocycles. The van der Waals surface area contributed by atoms with Crippen molar-refractivity contribution < 1.29 is 0 Å². The Morgan fingerprint density at radius 3 is 2.24 bits per heavy atom. The number of nitrogens with two attached hydrogens (primary N) is 1. The van der Waals surface area contributed by atoms with Gasteiger partial charge in [-0.05, 0) is 45.7 Å². The van der Waals surface area contributed by atoms with E-state index < -0.39 is 0 Å². The van der Waals surface area contributed by atoms with E-state index in [2.05, 4.69) is 32.7 Å². The van der Waals surface area contributed by atoms with Gasteiger partial charge in [0.15, 0.2) is 0 Å². The largest absolute Gasteiger partial charge is 0.387 e. The van der Waals surface area contributed by atoms with E-state index in [1.54, 1.807) is 0 Å². The summed E-state index contributed by atoms with van der Waals surface area (Å²) in [5.74, 6) is 1.05. The lowest BCUT2D eigenvalue weighted by Gasteiger charge is -2.28. The molecular weight excluding hydrogens is 210 g/mol. The smallest absolute Gasteiger partial charge is 0.0963 e. The van der Waals surface area contributed by atoms with Gasteiger partial charge in [-0.3, -0.25) is 5.41 Å². The second-order valence-corrected chi connectivity index (χ2v) is 6.36. The molecule has 0 aromatic heterocycles. The van der Waals surface area contributed by atoms with E-state index in [1.165, 1.54) is 6.42 Å². The van der Waals surface area contributed by atoms with Crippen molar-refractivity contribution >= 4 is 5.84 Å². The van der Waals surface area contributed by atoms with Gasteiger partial charge in [0.05, 0.1) is 5.84 Å². The summed E-state index contributed by atoms with van der Waals surface area (Å²) in [4.78, 5) is 2.41. The average molecular weight is 241 g/mol. The highest BCUT2D eigenvalue weighted by atomic mass is 15.1. The summed E-state index contributed by atoms with van der Waals surface area (Å²) in [5.41, 5.74) is 5.43. The van der Waals surface area contributed by atoms with Gasteiger partial charge >= 0.3 is 0 Å². The Morgan fingerprint density at radius 2 is 1.82 bits per heavy atom. The molecule has 0 heterocycles. The lowest BCUT2D eigenvalue weighted by Crippen LogP contribution is -2.34. The first kappa shape index (κ1) is 16.4. The molecule has 0 radical (unpaired) electrons. The van der Waals surface area contributed by atoms with Gasteiger partial charge in [0.25, 0.3) is 0 Å². The van der Waals surface area contributed by atoms with Gasteiger partial charge in [-0.2, -0.15) is 0 Å². The van der Waals surface area contributed by atoms with Crippen LogP contribution in [0.3, 0.4) is 0 Å². The second kappa shape index (κ2) is 7.00. The highest BCUT2D eigenvalue weighted by Gasteiger charge is 2.21. The molecule has 102 valence electrons. The third-order valence-electron chi connectivity index (χ3n) is 3.61.